The van der Waals surface area contributed by atoms with Gasteiger partial charge in [0.15, 0.2) is 5.13 Å². The summed E-state index contributed by atoms with van der Waals surface area (Å²) in [6.07, 6.45) is 1.04. The summed E-state index contributed by atoms with van der Waals surface area (Å²) in [7, 11) is 3.95. The number of amides is 1. The largest absolute Gasteiger partial charge is 0.362 e. The summed E-state index contributed by atoms with van der Waals surface area (Å²) >= 11 is 1.44. The Balaban J connectivity index is 1.58. The monoisotopic (exact) mass is 415 g/mol. The van der Waals surface area contributed by atoms with Gasteiger partial charge in [-0.05, 0) is 46.3 Å². The molecule has 8 heteroatoms. The number of carbonyl (C=O) groups is 1. The normalized spacial score (nSPS) is 20.7. The Bertz CT molecular complexity index is 980. The number of carbonyl (C=O) groups excluding carboxylic acids is 1. The molecule has 2 aromatic heterocycles. The predicted molar refractivity (Wildman–Crippen MR) is 116 cm³/mol. The van der Waals surface area contributed by atoms with E-state index >= 15 is 0 Å². The minimum Gasteiger partial charge on any atom is -0.362 e. The van der Waals surface area contributed by atoms with Crippen molar-refractivity contribution in [1.29, 1.82) is 0 Å². The van der Waals surface area contributed by atoms with Crippen LogP contribution in [0.1, 0.15) is 45.9 Å². The van der Waals surface area contributed by atoms with E-state index in [2.05, 4.69) is 16.4 Å². The highest BCUT2D eigenvalue weighted by atomic mass is 32.1. The van der Waals surface area contributed by atoms with Crippen LogP contribution in [0.3, 0.4) is 0 Å². The van der Waals surface area contributed by atoms with Crippen LogP contribution in [0.15, 0.2) is 16.9 Å². The molecule has 4 rings (SSSR count). The molecule has 2 aliphatic rings. The molecular weight excluding hydrogens is 386 g/mol. The Morgan fingerprint density at radius 2 is 2.10 bits per heavy atom. The molecular formula is C21H29N5O2S. The van der Waals surface area contributed by atoms with Gasteiger partial charge in [0.25, 0.3) is 11.5 Å². The van der Waals surface area contributed by atoms with E-state index in [1.54, 1.807) is 0 Å². The number of rotatable bonds is 5. The first-order chi connectivity index (χ1) is 13.9. The Morgan fingerprint density at radius 3 is 2.83 bits per heavy atom. The highest BCUT2D eigenvalue weighted by Crippen LogP contribution is 2.36. The van der Waals surface area contributed by atoms with Crippen LogP contribution < -0.4 is 10.9 Å². The van der Waals surface area contributed by atoms with Crippen LogP contribution in [0.25, 0.3) is 0 Å². The Hall–Kier alpha value is -2.19. The van der Waals surface area contributed by atoms with Crippen molar-refractivity contribution in [2.75, 3.05) is 39.0 Å². The number of thiazole rings is 1. The lowest BCUT2D eigenvalue weighted by Crippen LogP contribution is -2.49. The van der Waals surface area contributed by atoms with Crippen LogP contribution >= 0.6 is 11.3 Å². The van der Waals surface area contributed by atoms with Crippen molar-refractivity contribution < 1.29 is 4.79 Å². The van der Waals surface area contributed by atoms with E-state index in [1.165, 1.54) is 11.3 Å². The molecule has 1 N–H and O–H groups in total. The first-order valence-electron chi connectivity index (χ1n) is 10.2. The number of pyridine rings is 1. The molecule has 2 aromatic rings. The van der Waals surface area contributed by atoms with Gasteiger partial charge in [0.1, 0.15) is 4.88 Å². The predicted octanol–water partition coefficient (Wildman–Crippen LogP) is 2.37. The van der Waals surface area contributed by atoms with Gasteiger partial charge in [0.2, 0.25) is 0 Å². The Kier molecular flexibility index (Phi) is 5.48. The fraction of sp³-hybridized carbons (Fsp3) is 0.571. The van der Waals surface area contributed by atoms with Crippen molar-refractivity contribution in [3.63, 3.8) is 0 Å². The van der Waals surface area contributed by atoms with Gasteiger partial charge < -0.3 is 19.7 Å². The van der Waals surface area contributed by atoms with Crippen LogP contribution in [0.2, 0.25) is 0 Å². The van der Waals surface area contributed by atoms with E-state index in [0.29, 0.717) is 32.1 Å². The van der Waals surface area contributed by atoms with Crippen LogP contribution in [-0.2, 0) is 13.1 Å². The van der Waals surface area contributed by atoms with Crippen LogP contribution in [0.4, 0.5) is 5.13 Å². The molecule has 0 aliphatic carbocycles. The molecule has 29 heavy (non-hydrogen) atoms. The number of hydrogen-bond acceptors (Lipinski definition) is 6. The lowest BCUT2D eigenvalue weighted by molar-refractivity contribution is 0.0598. The minimum atomic E-state index is 0.0684. The molecule has 1 fully saturated rings. The second-order valence-corrected chi connectivity index (χ2v) is 9.41. The van der Waals surface area contributed by atoms with E-state index in [-0.39, 0.29) is 17.4 Å². The number of likely N-dealkylation sites (tertiary alicyclic amines) is 1. The zero-order valence-corrected chi connectivity index (χ0v) is 18.4. The average Bonchev–Trinajstić information content (AvgIpc) is 3.04. The van der Waals surface area contributed by atoms with Crippen molar-refractivity contribution in [1.82, 2.24) is 19.4 Å². The molecule has 0 unspecified atom stereocenters. The van der Waals surface area contributed by atoms with Gasteiger partial charge in [-0.3, -0.25) is 9.59 Å². The van der Waals surface area contributed by atoms with Crippen molar-refractivity contribution in [2.45, 2.75) is 39.3 Å². The summed E-state index contributed by atoms with van der Waals surface area (Å²) in [6, 6.07) is 4.06. The smallest absolute Gasteiger partial charge is 0.265 e. The summed E-state index contributed by atoms with van der Waals surface area (Å²) in [5.41, 5.74) is 2.82. The SMILES string of the molecule is CCNc1nc(C)c(C(=O)N2C[C@@H]3C[C@H](C2)c2ccc(CN(C)C)c(=O)n2C3)s1. The third-order valence-electron chi connectivity index (χ3n) is 5.78. The van der Waals surface area contributed by atoms with Crippen LogP contribution in [-0.4, -0.2) is 59.0 Å². The first kappa shape index (κ1) is 20.1. The number of piperidine rings is 1. The molecule has 2 atom stereocenters. The zero-order chi connectivity index (χ0) is 20.7. The molecule has 7 nitrogen and oxygen atoms in total. The molecule has 1 saturated heterocycles. The van der Waals surface area contributed by atoms with Crippen molar-refractivity contribution in [3.05, 3.63) is 44.3 Å². The third kappa shape index (κ3) is 3.83. The number of aromatic nitrogens is 2. The maximum atomic E-state index is 13.2. The molecule has 0 saturated carbocycles. The summed E-state index contributed by atoms with van der Waals surface area (Å²) in [5.74, 6) is 0.604. The maximum absolute atomic E-state index is 13.2. The molecule has 2 aliphatic heterocycles. The summed E-state index contributed by atoms with van der Waals surface area (Å²) < 4.78 is 1.96. The number of hydrogen-bond donors (Lipinski definition) is 1. The van der Waals surface area contributed by atoms with Gasteiger partial charge in [0.05, 0.1) is 5.69 Å². The van der Waals surface area contributed by atoms with Gasteiger partial charge in [-0.25, -0.2) is 4.98 Å². The van der Waals surface area contributed by atoms with Gasteiger partial charge in [-0.2, -0.15) is 0 Å². The summed E-state index contributed by atoms with van der Waals surface area (Å²) in [4.78, 5) is 35.4. The molecule has 2 bridgehead atoms. The molecule has 156 valence electrons. The number of fused-ring (bicyclic) bond motifs is 4. The van der Waals surface area contributed by atoms with E-state index < -0.39 is 0 Å². The van der Waals surface area contributed by atoms with Gasteiger partial charge in [-0.15, -0.1) is 0 Å². The quantitative estimate of drug-likeness (QED) is 0.812. The Labute approximate surface area is 175 Å². The fourth-order valence-corrected chi connectivity index (χ4v) is 5.59. The maximum Gasteiger partial charge on any atom is 0.265 e. The second-order valence-electron chi connectivity index (χ2n) is 8.41. The zero-order valence-electron chi connectivity index (χ0n) is 17.6. The molecule has 1 amide bonds. The van der Waals surface area contributed by atoms with Crippen LogP contribution in [0, 0.1) is 12.8 Å². The Morgan fingerprint density at radius 1 is 1.31 bits per heavy atom. The van der Waals surface area contributed by atoms with Crippen molar-refractivity contribution in [3.8, 4) is 0 Å². The molecule has 0 spiro atoms. The lowest BCUT2D eigenvalue weighted by Gasteiger charge is -2.42. The summed E-state index contributed by atoms with van der Waals surface area (Å²) in [6.45, 7) is 7.42. The number of nitrogens with one attached hydrogen (secondary N) is 1. The highest BCUT2D eigenvalue weighted by molar-refractivity contribution is 7.17. The standard InChI is InChI=1S/C21H29N5O2S/c1-5-22-21-23-13(2)18(29-21)20(28)25-9-14-8-16(12-25)17-7-6-15(11-24(3)4)19(27)26(17)10-14/h6-7,14,16H,5,8-12H2,1-4H3,(H,22,23)/t14-,16+/m0/s1. The van der Waals surface area contributed by atoms with E-state index in [9.17, 15) is 9.59 Å². The van der Waals surface area contributed by atoms with Crippen molar-refractivity contribution in [2.24, 2.45) is 5.92 Å². The second kappa shape index (κ2) is 7.91. The van der Waals surface area contributed by atoms with Gasteiger partial charge in [0, 0.05) is 49.9 Å². The highest BCUT2D eigenvalue weighted by Gasteiger charge is 2.37. The van der Waals surface area contributed by atoms with Crippen LogP contribution in [0.5, 0.6) is 0 Å². The van der Waals surface area contributed by atoms with Crippen molar-refractivity contribution >= 4 is 22.4 Å². The van der Waals surface area contributed by atoms with E-state index in [1.807, 2.05) is 48.4 Å². The number of aryl methyl sites for hydroxylation is 1. The fourth-order valence-electron chi connectivity index (χ4n) is 4.58. The van der Waals surface area contributed by atoms with E-state index in [4.69, 9.17) is 0 Å². The number of anilines is 1. The minimum absolute atomic E-state index is 0.0684. The molecule has 0 radical (unpaired) electrons. The number of nitrogens with zero attached hydrogens (tertiary/aromatic N) is 4. The third-order valence-corrected chi connectivity index (χ3v) is 6.88. The van der Waals surface area contributed by atoms with Gasteiger partial charge in [-0.1, -0.05) is 17.4 Å². The topological polar surface area (TPSA) is 70.5 Å². The first-order valence-corrected chi connectivity index (χ1v) is 11.1. The lowest BCUT2D eigenvalue weighted by atomic mass is 9.83. The molecule has 0 aromatic carbocycles. The average molecular weight is 416 g/mol. The van der Waals surface area contributed by atoms with Gasteiger partial charge >= 0.3 is 0 Å². The van der Waals surface area contributed by atoms with E-state index in [0.717, 1.165) is 39.9 Å². The summed E-state index contributed by atoms with van der Waals surface area (Å²) in [5, 5.41) is 4.00. The molecule has 4 heterocycles.